The van der Waals surface area contributed by atoms with E-state index in [4.69, 9.17) is 16.0 Å². The van der Waals surface area contributed by atoms with Crippen LogP contribution in [0.2, 0.25) is 5.02 Å². The molecule has 0 spiro atoms. The third-order valence-electron chi connectivity index (χ3n) is 5.48. The Morgan fingerprint density at radius 3 is 2.52 bits per heavy atom. The molecule has 0 fully saturated rings. The largest absolute Gasteiger partial charge is 0.436 e. The number of benzene rings is 4. The molecule has 1 amide bonds. The van der Waals surface area contributed by atoms with E-state index >= 15 is 0 Å². The highest BCUT2D eigenvalue weighted by Crippen LogP contribution is 2.29. The predicted molar refractivity (Wildman–Crippen MR) is 126 cm³/mol. The summed E-state index contributed by atoms with van der Waals surface area (Å²) in [6.45, 7) is 4.10. The van der Waals surface area contributed by atoms with Gasteiger partial charge in [-0.15, -0.1) is 0 Å². The van der Waals surface area contributed by atoms with Crippen molar-refractivity contribution in [2.45, 2.75) is 13.8 Å². The average molecular weight is 427 g/mol. The Morgan fingerprint density at radius 2 is 1.65 bits per heavy atom. The molecule has 4 nitrogen and oxygen atoms in total. The van der Waals surface area contributed by atoms with Crippen molar-refractivity contribution >= 4 is 45.1 Å². The number of anilines is 1. The minimum Gasteiger partial charge on any atom is -0.436 e. The Labute approximate surface area is 184 Å². The molecule has 31 heavy (non-hydrogen) atoms. The number of amides is 1. The minimum atomic E-state index is -0.200. The molecule has 0 atom stereocenters. The van der Waals surface area contributed by atoms with Gasteiger partial charge in [0.05, 0.1) is 0 Å². The predicted octanol–water partition coefficient (Wildman–Crippen LogP) is 7.17. The first-order valence-electron chi connectivity index (χ1n) is 9.96. The first kappa shape index (κ1) is 19.3. The Morgan fingerprint density at radius 1 is 0.903 bits per heavy atom. The van der Waals surface area contributed by atoms with E-state index in [1.807, 2.05) is 73.7 Å². The highest BCUT2D eigenvalue weighted by molar-refractivity contribution is 6.36. The summed E-state index contributed by atoms with van der Waals surface area (Å²) in [6.07, 6.45) is 0. The van der Waals surface area contributed by atoms with E-state index in [0.717, 1.165) is 33.0 Å². The van der Waals surface area contributed by atoms with Gasteiger partial charge in [-0.25, -0.2) is 4.98 Å². The lowest BCUT2D eigenvalue weighted by Crippen LogP contribution is -2.12. The number of hydrogen-bond acceptors (Lipinski definition) is 3. The van der Waals surface area contributed by atoms with Crippen molar-refractivity contribution in [2.75, 3.05) is 5.32 Å². The topological polar surface area (TPSA) is 55.1 Å². The van der Waals surface area contributed by atoms with E-state index < -0.39 is 0 Å². The minimum absolute atomic E-state index is 0.200. The van der Waals surface area contributed by atoms with Crippen molar-refractivity contribution in [3.63, 3.8) is 0 Å². The van der Waals surface area contributed by atoms with Crippen molar-refractivity contribution in [1.29, 1.82) is 0 Å². The number of nitrogens with one attached hydrogen (secondary N) is 1. The molecule has 0 aliphatic carbocycles. The number of aromatic nitrogens is 1. The molecule has 5 rings (SSSR count). The standard InChI is InChI=1S/C26H19ClN2O2/c1-15-12-23-24(13-16(15)2)31-26(29-23)17-6-3-7-18(14-17)28-25(30)21-10-4-9-20-19(21)8-5-11-22(20)27/h3-14H,1-2H3,(H,28,30). The lowest BCUT2D eigenvalue weighted by atomic mass is 10.0. The fourth-order valence-corrected chi connectivity index (χ4v) is 3.94. The second-order valence-corrected chi connectivity index (χ2v) is 8.01. The molecule has 5 heteroatoms. The van der Waals surface area contributed by atoms with Crippen LogP contribution in [0.3, 0.4) is 0 Å². The van der Waals surface area contributed by atoms with Gasteiger partial charge in [0.2, 0.25) is 5.89 Å². The zero-order valence-corrected chi connectivity index (χ0v) is 17.8. The fourth-order valence-electron chi connectivity index (χ4n) is 3.70. The number of halogens is 1. The van der Waals surface area contributed by atoms with Crippen molar-refractivity contribution in [3.05, 3.63) is 94.5 Å². The Balaban J connectivity index is 1.48. The fraction of sp³-hybridized carbons (Fsp3) is 0.0769. The molecule has 1 N–H and O–H groups in total. The second kappa shape index (κ2) is 7.56. The van der Waals surface area contributed by atoms with Gasteiger partial charge in [-0.3, -0.25) is 4.79 Å². The van der Waals surface area contributed by atoms with E-state index in [-0.39, 0.29) is 5.91 Å². The summed E-state index contributed by atoms with van der Waals surface area (Å²) in [7, 11) is 0. The number of carbonyl (C=O) groups excluding carboxylic acids is 1. The third kappa shape index (κ3) is 3.56. The molecule has 0 aliphatic heterocycles. The number of hydrogen-bond donors (Lipinski definition) is 1. The van der Waals surface area contributed by atoms with E-state index in [1.54, 1.807) is 6.07 Å². The molecule has 0 bridgehead atoms. The van der Waals surface area contributed by atoms with Gasteiger partial charge in [-0.05, 0) is 72.8 Å². The zero-order chi connectivity index (χ0) is 21.5. The number of nitrogens with zero attached hydrogens (tertiary/aromatic N) is 1. The van der Waals surface area contributed by atoms with Gasteiger partial charge >= 0.3 is 0 Å². The van der Waals surface area contributed by atoms with Crippen LogP contribution in [0.1, 0.15) is 21.5 Å². The van der Waals surface area contributed by atoms with E-state index in [1.165, 1.54) is 5.56 Å². The van der Waals surface area contributed by atoms with E-state index in [2.05, 4.69) is 17.2 Å². The Bertz CT molecular complexity index is 1430. The highest BCUT2D eigenvalue weighted by atomic mass is 35.5. The van der Waals surface area contributed by atoms with Crippen LogP contribution in [0, 0.1) is 13.8 Å². The summed E-state index contributed by atoms with van der Waals surface area (Å²) >= 11 is 6.29. The number of aryl methyl sites for hydroxylation is 2. The van der Waals surface area contributed by atoms with Crippen LogP contribution in [0.5, 0.6) is 0 Å². The van der Waals surface area contributed by atoms with Gasteiger partial charge in [-0.2, -0.15) is 0 Å². The van der Waals surface area contributed by atoms with Crippen LogP contribution >= 0.6 is 11.6 Å². The van der Waals surface area contributed by atoms with Gasteiger partial charge in [0.1, 0.15) is 5.52 Å². The maximum atomic E-state index is 13.0. The second-order valence-electron chi connectivity index (χ2n) is 7.60. The quantitative estimate of drug-likeness (QED) is 0.332. The van der Waals surface area contributed by atoms with E-state index in [9.17, 15) is 4.79 Å². The molecular formula is C26H19ClN2O2. The molecule has 4 aromatic carbocycles. The smallest absolute Gasteiger partial charge is 0.256 e. The molecule has 1 heterocycles. The lowest BCUT2D eigenvalue weighted by molar-refractivity contribution is 0.102. The van der Waals surface area contributed by atoms with E-state index in [0.29, 0.717) is 22.2 Å². The number of carbonyl (C=O) groups is 1. The van der Waals surface area contributed by atoms with Gasteiger partial charge in [0.25, 0.3) is 5.91 Å². The SMILES string of the molecule is Cc1cc2nc(-c3cccc(NC(=O)c4cccc5c(Cl)cccc45)c3)oc2cc1C. The van der Waals surface area contributed by atoms with Crippen LogP contribution in [0.15, 0.2) is 77.2 Å². The monoisotopic (exact) mass is 426 g/mol. The highest BCUT2D eigenvalue weighted by Gasteiger charge is 2.14. The zero-order valence-electron chi connectivity index (χ0n) is 17.1. The van der Waals surface area contributed by atoms with Gasteiger partial charge < -0.3 is 9.73 Å². The molecule has 0 saturated heterocycles. The first-order chi connectivity index (χ1) is 15.0. The average Bonchev–Trinajstić information content (AvgIpc) is 3.17. The summed E-state index contributed by atoms with van der Waals surface area (Å²) in [5, 5.41) is 5.26. The van der Waals surface area contributed by atoms with Crippen molar-refractivity contribution in [3.8, 4) is 11.5 Å². The van der Waals surface area contributed by atoms with Crippen LogP contribution in [0.25, 0.3) is 33.3 Å². The van der Waals surface area contributed by atoms with Gasteiger partial charge in [0.15, 0.2) is 5.58 Å². The summed E-state index contributed by atoms with van der Waals surface area (Å²) in [5.41, 5.74) is 5.93. The van der Waals surface area contributed by atoms with Gasteiger partial charge in [0, 0.05) is 27.2 Å². The maximum Gasteiger partial charge on any atom is 0.256 e. The molecular weight excluding hydrogens is 408 g/mol. The molecule has 0 saturated carbocycles. The Hall–Kier alpha value is -3.63. The molecule has 1 aromatic heterocycles. The third-order valence-corrected chi connectivity index (χ3v) is 5.81. The normalized spacial score (nSPS) is 11.2. The van der Waals surface area contributed by atoms with Crippen LogP contribution in [0.4, 0.5) is 5.69 Å². The van der Waals surface area contributed by atoms with Crippen LogP contribution in [-0.4, -0.2) is 10.9 Å². The van der Waals surface area contributed by atoms with Crippen molar-refractivity contribution in [2.24, 2.45) is 0 Å². The van der Waals surface area contributed by atoms with Gasteiger partial charge in [-0.1, -0.05) is 41.9 Å². The number of fused-ring (bicyclic) bond motifs is 2. The Kier molecular flexibility index (Phi) is 4.72. The molecule has 0 radical (unpaired) electrons. The lowest BCUT2D eigenvalue weighted by Gasteiger charge is -2.09. The van der Waals surface area contributed by atoms with Crippen LogP contribution in [-0.2, 0) is 0 Å². The molecule has 5 aromatic rings. The summed E-state index contributed by atoms with van der Waals surface area (Å²) < 4.78 is 5.97. The summed E-state index contributed by atoms with van der Waals surface area (Å²) in [4.78, 5) is 17.6. The van der Waals surface area contributed by atoms with Crippen molar-refractivity contribution < 1.29 is 9.21 Å². The molecule has 152 valence electrons. The maximum absolute atomic E-state index is 13.0. The molecule has 0 aliphatic rings. The van der Waals surface area contributed by atoms with Crippen molar-refractivity contribution in [1.82, 2.24) is 4.98 Å². The first-order valence-corrected chi connectivity index (χ1v) is 10.3. The summed E-state index contributed by atoms with van der Waals surface area (Å²) in [6, 6.07) is 22.6. The van der Waals surface area contributed by atoms with Crippen LogP contribution < -0.4 is 5.32 Å². The molecule has 0 unspecified atom stereocenters. The number of rotatable bonds is 3. The summed E-state index contributed by atoms with van der Waals surface area (Å²) in [5.74, 6) is 0.321. The number of oxazole rings is 1.